The van der Waals surface area contributed by atoms with Crippen LogP contribution in [0.1, 0.15) is 69.4 Å². The van der Waals surface area contributed by atoms with Crippen LogP contribution in [0.25, 0.3) is 0 Å². The molecular formula is C30H41F3O7S. The Kier molecular flexibility index (Phi) is 14.3. The molecule has 0 saturated heterocycles. The van der Waals surface area contributed by atoms with Gasteiger partial charge in [0.2, 0.25) is 0 Å². The molecule has 2 atom stereocenters. The molecule has 2 aromatic carbocycles. The topological polar surface area (TPSA) is 88.1 Å². The Hall–Kier alpha value is -2.47. The Labute approximate surface area is 241 Å². The van der Waals surface area contributed by atoms with E-state index < -0.39 is 46.1 Å². The first kappa shape index (κ1) is 34.7. The Bertz CT molecular complexity index is 1140. The predicted octanol–water partition coefficient (Wildman–Crippen LogP) is 6.87. The highest BCUT2D eigenvalue weighted by Crippen LogP contribution is 2.43. The number of unbranched alkanes of at least 4 members (excludes halogenated alkanes) is 7. The van der Waals surface area contributed by atoms with Crippen LogP contribution in [0.3, 0.4) is 0 Å². The van der Waals surface area contributed by atoms with Gasteiger partial charge >= 0.3 is 12.1 Å². The van der Waals surface area contributed by atoms with Gasteiger partial charge in [-0.15, -0.1) is 0 Å². The molecule has 2 rings (SSSR count). The van der Waals surface area contributed by atoms with E-state index >= 15 is 0 Å². The summed E-state index contributed by atoms with van der Waals surface area (Å²) in [7, 11) is -3.52. The molecule has 0 aliphatic carbocycles. The summed E-state index contributed by atoms with van der Waals surface area (Å²) in [5.74, 6) is -1.75. The van der Waals surface area contributed by atoms with E-state index in [4.69, 9.17) is 18.4 Å². The summed E-state index contributed by atoms with van der Waals surface area (Å²) in [6, 6.07) is 12.2. The molecule has 41 heavy (non-hydrogen) atoms. The Balaban J connectivity index is 2.12. The Morgan fingerprint density at radius 1 is 0.854 bits per heavy atom. The van der Waals surface area contributed by atoms with Gasteiger partial charge in [0.05, 0.1) is 11.5 Å². The van der Waals surface area contributed by atoms with Gasteiger partial charge in [-0.3, -0.25) is 4.18 Å². The average Bonchev–Trinajstić information content (AvgIpc) is 2.93. The summed E-state index contributed by atoms with van der Waals surface area (Å²) >= 11 is 0. The van der Waals surface area contributed by atoms with Crippen molar-refractivity contribution in [3.05, 3.63) is 65.7 Å². The monoisotopic (exact) mass is 602 g/mol. The van der Waals surface area contributed by atoms with Gasteiger partial charge in [-0.05, 0) is 25.5 Å². The number of ether oxygens (including phenoxy) is 3. The number of methoxy groups -OCH3 is 1. The van der Waals surface area contributed by atoms with Gasteiger partial charge < -0.3 is 14.2 Å². The lowest BCUT2D eigenvalue weighted by molar-refractivity contribution is -0.279. The molecule has 0 saturated carbocycles. The van der Waals surface area contributed by atoms with Crippen molar-refractivity contribution in [1.82, 2.24) is 0 Å². The van der Waals surface area contributed by atoms with Crippen LogP contribution in [-0.4, -0.2) is 53.6 Å². The van der Waals surface area contributed by atoms with Crippen LogP contribution in [0, 0.1) is 6.92 Å². The Morgan fingerprint density at radius 2 is 1.44 bits per heavy atom. The molecule has 2 aromatic rings. The van der Waals surface area contributed by atoms with Crippen molar-refractivity contribution in [3.8, 4) is 0 Å². The molecular weight excluding hydrogens is 561 g/mol. The highest BCUT2D eigenvalue weighted by molar-refractivity contribution is 7.86. The number of carbonyl (C=O) groups excluding carboxylic acids is 1. The first-order valence-corrected chi connectivity index (χ1v) is 15.3. The quantitative estimate of drug-likeness (QED) is 0.0985. The molecule has 11 heteroatoms. The number of carbonyl (C=O) groups is 1. The van der Waals surface area contributed by atoms with Gasteiger partial charge in [0.15, 0.2) is 0 Å². The van der Waals surface area contributed by atoms with Crippen molar-refractivity contribution in [3.63, 3.8) is 0 Å². The molecule has 0 radical (unpaired) electrons. The number of esters is 1. The molecule has 7 nitrogen and oxygen atoms in total. The number of alkyl halides is 3. The minimum absolute atomic E-state index is 0.140. The molecule has 0 fully saturated rings. The molecule has 0 heterocycles. The number of rotatable bonds is 19. The van der Waals surface area contributed by atoms with Crippen molar-refractivity contribution in [2.45, 2.75) is 88.0 Å². The SMILES string of the molecule is CCCCCCCCCCOC[C@H](COS(=O)(=O)c1ccc(C)cc1)OC(=O)[C@@](OC)(c1ccccc1)C(F)(F)F. The van der Waals surface area contributed by atoms with E-state index in [-0.39, 0.29) is 18.1 Å². The van der Waals surface area contributed by atoms with Crippen molar-refractivity contribution >= 4 is 16.1 Å². The molecule has 230 valence electrons. The average molecular weight is 603 g/mol. The fraction of sp³-hybridized carbons (Fsp3) is 0.567. The second kappa shape index (κ2) is 16.8. The second-order valence-electron chi connectivity index (χ2n) is 9.88. The van der Waals surface area contributed by atoms with Crippen LogP contribution in [-0.2, 0) is 38.9 Å². The maximum Gasteiger partial charge on any atom is 0.432 e. The summed E-state index contributed by atoms with van der Waals surface area (Å²) in [5, 5.41) is 0. The predicted molar refractivity (Wildman–Crippen MR) is 149 cm³/mol. The van der Waals surface area contributed by atoms with Gasteiger partial charge in [0.1, 0.15) is 12.7 Å². The molecule has 0 aliphatic rings. The van der Waals surface area contributed by atoms with Crippen LogP contribution in [0.2, 0.25) is 0 Å². The molecule has 0 N–H and O–H groups in total. The third kappa shape index (κ3) is 10.4. The lowest BCUT2D eigenvalue weighted by Gasteiger charge is -2.33. The third-order valence-corrected chi connectivity index (χ3v) is 7.91. The van der Waals surface area contributed by atoms with Crippen molar-refractivity contribution < 1.29 is 44.8 Å². The van der Waals surface area contributed by atoms with Crippen LogP contribution < -0.4 is 0 Å². The fourth-order valence-electron chi connectivity index (χ4n) is 4.23. The minimum atomic E-state index is -5.18. The highest BCUT2D eigenvalue weighted by Gasteiger charge is 2.64. The van der Waals surface area contributed by atoms with Gasteiger partial charge in [-0.2, -0.15) is 21.6 Å². The Morgan fingerprint density at radius 3 is 2.00 bits per heavy atom. The summed E-state index contributed by atoms with van der Waals surface area (Å²) in [6.07, 6.45) is 1.87. The first-order chi connectivity index (χ1) is 19.5. The van der Waals surface area contributed by atoms with Crippen LogP contribution in [0.15, 0.2) is 59.5 Å². The van der Waals surface area contributed by atoms with Crippen molar-refractivity contribution in [2.75, 3.05) is 26.9 Å². The summed E-state index contributed by atoms with van der Waals surface area (Å²) < 4.78 is 89.1. The zero-order chi connectivity index (χ0) is 30.4. The van der Waals surface area contributed by atoms with E-state index in [1.165, 1.54) is 56.0 Å². The van der Waals surface area contributed by atoms with E-state index in [1.54, 1.807) is 19.1 Å². The van der Waals surface area contributed by atoms with Gasteiger partial charge in [0.25, 0.3) is 15.7 Å². The molecule has 0 unspecified atom stereocenters. The van der Waals surface area contributed by atoms with Gasteiger partial charge in [-0.25, -0.2) is 4.79 Å². The largest absolute Gasteiger partial charge is 0.455 e. The summed E-state index contributed by atoms with van der Waals surface area (Å²) in [6.45, 7) is 3.10. The van der Waals surface area contributed by atoms with Crippen LogP contribution in [0.5, 0.6) is 0 Å². The molecule has 0 aromatic heterocycles. The summed E-state index contributed by atoms with van der Waals surface area (Å²) in [4.78, 5) is 13.0. The number of aryl methyl sites for hydroxylation is 1. The highest BCUT2D eigenvalue weighted by atomic mass is 32.2. The van der Waals surface area contributed by atoms with Gasteiger partial charge in [0, 0.05) is 19.3 Å². The maximum atomic E-state index is 14.3. The van der Waals surface area contributed by atoms with E-state index in [9.17, 15) is 26.4 Å². The lowest BCUT2D eigenvalue weighted by Crippen LogP contribution is -2.53. The third-order valence-electron chi connectivity index (χ3n) is 6.61. The van der Waals surface area contributed by atoms with Gasteiger partial charge in [-0.1, -0.05) is 99.9 Å². The molecule has 0 amide bonds. The zero-order valence-corrected chi connectivity index (χ0v) is 24.8. The molecule has 0 bridgehead atoms. The molecule has 0 aliphatic heterocycles. The molecule has 0 spiro atoms. The lowest BCUT2D eigenvalue weighted by atomic mass is 9.92. The minimum Gasteiger partial charge on any atom is -0.455 e. The smallest absolute Gasteiger partial charge is 0.432 e. The summed E-state index contributed by atoms with van der Waals surface area (Å²) in [5.41, 5.74) is -3.08. The number of benzene rings is 2. The maximum absolute atomic E-state index is 14.3. The van der Waals surface area contributed by atoms with Crippen LogP contribution in [0.4, 0.5) is 13.2 Å². The first-order valence-electron chi connectivity index (χ1n) is 13.9. The number of hydrogen-bond donors (Lipinski definition) is 0. The van der Waals surface area contributed by atoms with E-state index in [2.05, 4.69) is 6.92 Å². The van der Waals surface area contributed by atoms with Crippen molar-refractivity contribution in [1.29, 1.82) is 0 Å². The standard InChI is InChI=1S/C30H41F3O7S/c1-4-5-6-7-8-9-10-14-21-38-22-26(23-39-41(35,36)27-19-17-24(2)18-20-27)40-28(34)29(37-3,30(31,32)33)25-15-12-11-13-16-25/h11-13,15-20,26H,4-10,14,21-23H2,1-3H3/t26-,29+/m1/s1. The normalized spacial score (nSPS) is 14.4. The van der Waals surface area contributed by atoms with Crippen molar-refractivity contribution in [2.24, 2.45) is 0 Å². The van der Waals surface area contributed by atoms with E-state index in [0.29, 0.717) is 6.42 Å². The number of halogens is 3. The zero-order valence-electron chi connectivity index (χ0n) is 24.0. The van der Waals surface area contributed by atoms with Crippen LogP contribution >= 0.6 is 0 Å². The fourth-order valence-corrected chi connectivity index (χ4v) is 5.17. The van der Waals surface area contributed by atoms with E-state index in [0.717, 1.165) is 44.1 Å². The number of hydrogen-bond acceptors (Lipinski definition) is 7. The second-order valence-corrected chi connectivity index (χ2v) is 11.5. The van der Waals surface area contributed by atoms with E-state index in [1.807, 2.05) is 0 Å².